The standard InChI is InChI=1S/C13H15F3N2S/c1-9(5-6-19-2)18-11-3-4-12(13(14,15)16)10(7-11)8-17/h3-4,7,9,18H,5-6H2,1-2H3. The van der Waals surface area contributed by atoms with Gasteiger partial charge in [-0.3, -0.25) is 0 Å². The zero-order valence-electron chi connectivity index (χ0n) is 10.7. The first-order chi connectivity index (χ1) is 8.88. The molecule has 0 saturated carbocycles. The Bertz CT molecular complexity index is 466. The van der Waals surface area contributed by atoms with Crippen molar-refractivity contribution in [2.24, 2.45) is 0 Å². The third kappa shape index (κ3) is 4.67. The van der Waals surface area contributed by atoms with E-state index in [0.29, 0.717) is 5.69 Å². The molecule has 19 heavy (non-hydrogen) atoms. The van der Waals surface area contributed by atoms with Gasteiger partial charge in [-0.1, -0.05) is 0 Å². The van der Waals surface area contributed by atoms with Gasteiger partial charge >= 0.3 is 6.18 Å². The summed E-state index contributed by atoms with van der Waals surface area (Å²) in [5.41, 5.74) is -0.704. The topological polar surface area (TPSA) is 35.8 Å². The molecule has 0 aromatic heterocycles. The van der Waals surface area contributed by atoms with Crippen LogP contribution in [0.2, 0.25) is 0 Å². The number of nitrogens with zero attached hydrogens (tertiary/aromatic N) is 1. The monoisotopic (exact) mass is 288 g/mol. The minimum absolute atomic E-state index is 0.149. The van der Waals surface area contributed by atoms with E-state index in [2.05, 4.69) is 5.32 Å². The number of nitriles is 1. The number of nitrogens with one attached hydrogen (secondary N) is 1. The van der Waals surface area contributed by atoms with E-state index in [1.807, 2.05) is 13.2 Å². The molecular weight excluding hydrogens is 273 g/mol. The number of hydrogen-bond donors (Lipinski definition) is 1. The summed E-state index contributed by atoms with van der Waals surface area (Å²) in [6.07, 6.45) is -1.59. The van der Waals surface area contributed by atoms with E-state index in [0.717, 1.165) is 18.2 Å². The maximum Gasteiger partial charge on any atom is 0.417 e. The van der Waals surface area contributed by atoms with Crippen LogP contribution in [0, 0.1) is 11.3 Å². The van der Waals surface area contributed by atoms with Gasteiger partial charge in [-0.25, -0.2) is 0 Å². The molecule has 1 unspecified atom stereocenters. The fourth-order valence-electron chi connectivity index (χ4n) is 1.63. The molecule has 0 spiro atoms. The van der Waals surface area contributed by atoms with Crippen molar-refractivity contribution in [1.82, 2.24) is 0 Å². The third-order valence-electron chi connectivity index (χ3n) is 2.61. The van der Waals surface area contributed by atoms with Crippen LogP contribution in [0.1, 0.15) is 24.5 Å². The molecule has 1 atom stereocenters. The number of halogens is 3. The van der Waals surface area contributed by atoms with Crippen LogP contribution in [-0.2, 0) is 6.18 Å². The maximum absolute atomic E-state index is 12.6. The summed E-state index contributed by atoms with van der Waals surface area (Å²) in [5.74, 6) is 0.972. The van der Waals surface area contributed by atoms with Gasteiger partial charge < -0.3 is 5.32 Å². The lowest BCUT2D eigenvalue weighted by Crippen LogP contribution is -2.16. The Hall–Kier alpha value is -1.35. The maximum atomic E-state index is 12.6. The molecule has 0 radical (unpaired) electrons. The predicted molar refractivity (Wildman–Crippen MR) is 72.2 cm³/mol. The van der Waals surface area contributed by atoms with Gasteiger partial charge in [0.2, 0.25) is 0 Å². The Morgan fingerprint density at radius 1 is 1.42 bits per heavy atom. The summed E-state index contributed by atoms with van der Waals surface area (Å²) in [5, 5.41) is 11.9. The molecule has 1 aromatic rings. The number of alkyl halides is 3. The molecule has 0 aliphatic carbocycles. The van der Waals surface area contributed by atoms with E-state index >= 15 is 0 Å². The second kappa shape index (κ2) is 6.71. The Morgan fingerprint density at radius 3 is 2.63 bits per heavy atom. The smallest absolute Gasteiger partial charge is 0.383 e. The Labute approximate surface area is 115 Å². The van der Waals surface area contributed by atoms with Gasteiger partial charge in [0.15, 0.2) is 0 Å². The first-order valence-electron chi connectivity index (χ1n) is 5.75. The van der Waals surface area contributed by atoms with Gasteiger partial charge in [-0.05, 0) is 43.6 Å². The van der Waals surface area contributed by atoms with Crippen molar-refractivity contribution in [1.29, 1.82) is 5.26 Å². The van der Waals surface area contributed by atoms with Crippen molar-refractivity contribution < 1.29 is 13.2 Å². The first-order valence-corrected chi connectivity index (χ1v) is 7.14. The van der Waals surface area contributed by atoms with Crippen LogP contribution in [-0.4, -0.2) is 18.1 Å². The molecular formula is C13H15F3N2S. The van der Waals surface area contributed by atoms with E-state index in [1.54, 1.807) is 17.8 Å². The summed E-state index contributed by atoms with van der Waals surface area (Å²) in [4.78, 5) is 0. The number of thioether (sulfide) groups is 1. The second-order valence-corrected chi connectivity index (χ2v) is 5.18. The molecule has 2 nitrogen and oxygen atoms in total. The molecule has 0 aliphatic heterocycles. The van der Waals surface area contributed by atoms with Crippen molar-refractivity contribution >= 4 is 17.4 Å². The molecule has 0 aliphatic rings. The average molecular weight is 288 g/mol. The molecule has 1 aromatic carbocycles. The summed E-state index contributed by atoms with van der Waals surface area (Å²) in [6.45, 7) is 1.96. The molecule has 0 heterocycles. The normalized spacial score (nSPS) is 12.8. The van der Waals surface area contributed by atoms with E-state index in [4.69, 9.17) is 5.26 Å². The largest absolute Gasteiger partial charge is 0.417 e. The molecule has 1 N–H and O–H groups in total. The quantitative estimate of drug-likeness (QED) is 0.885. The number of rotatable bonds is 5. The lowest BCUT2D eigenvalue weighted by molar-refractivity contribution is -0.137. The first kappa shape index (κ1) is 15.7. The average Bonchev–Trinajstić information content (AvgIpc) is 2.34. The van der Waals surface area contributed by atoms with Crippen LogP contribution in [0.15, 0.2) is 18.2 Å². The molecule has 0 saturated heterocycles. The Morgan fingerprint density at radius 2 is 2.11 bits per heavy atom. The van der Waals surface area contributed by atoms with Crippen molar-refractivity contribution in [2.75, 3.05) is 17.3 Å². The van der Waals surface area contributed by atoms with Crippen LogP contribution in [0.5, 0.6) is 0 Å². The highest BCUT2D eigenvalue weighted by Gasteiger charge is 2.33. The lowest BCUT2D eigenvalue weighted by atomic mass is 10.1. The highest BCUT2D eigenvalue weighted by Crippen LogP contribution is 2.33. The summed E-state index contributed by atoms with van der Waals surface area (Å²) in [6, 6.07) is 5.30. The SMILES string of the molecule is CSCCC(C)Nc1ccc(C(F)(F)F)c(C#N)c1. The van der Waals surface area contributed by atoms with E-state index in [-0.39, 0.29) is 11.6 Å². The van der Waals surface area contributed by atoms with Gasteiger partial charge in [0.05, 0.1) is 17.2 Å². The number of anilines is 1. The Balaban J connectivity index is 2.87. The molecule has 6 heteroatoms. The minimum atomic E-state index is -4.49. The number of benzene rings is 1. The van der Waals surface area contributed by atoms with Crippen LogP contribution < -0.4 is 5.32 Å². The summed E-state index contributed by atoms with van der Waals surface area (Å²) in [7, 11) is 0. The molecule has 104 valence electrons. The van der Waals surface area contributed by atoms with Crippen molar-refractivity contribution in [2.45, 2.75) is 25.6 Å². The molecule has 0 amide bonds. The van der Waals surface area contributed by atoms with Crippen molar-refractivity contribution in [3.8, 4) is 6.07 Å². The molecule has 1 rings (SSSR count). The molecule has 0 bridgehead atoms. The van der Waals surface area contributed by atoms with Crippen LogP contribution in [0.25, 0.3) is 0 Å². The fourth-order valence-corrected chi connectivity index (χ4v) is 2.21. The highest BCUT2D eigenvalue weighted by molar-refractivity contribution is 7.98. The summed E-state index contributed by atoms with van der Waals surface area (Å²) >= 11 is 1.71. The molecule has 0 fully saturated rings. The van der Waals surface area contributed by atoms with E-state index in [9.17, 15) is 13.2 Å². The predicted octanol–water partition coefficient (Wildman–Crippen LogP) is 4.13. The zero-order chi connectivity index (χ0) is 14.5. The second-order valence-electron chi connectivity index (χ2n) is 4.20. The van der Waals surface area contributed by atoms with Crippen LogP contribution in [0.4, 0.5) is 18.9 Å². The van der Waals surface area contributed by atoms with Crippen molar-refractivity contribution in [3.05, 3.63) is 29.3 Å². The third-order valence-corrected chi connectivity index (χ3v) is 3.26. The van der Waals surface area contributed by atoms with Crippen LogP contribution in [0.3, 0.4) is 0 Å². The lowest BCUT2D eigenvalue weighted by Gasteiger charge is -2.16. The van der Waals surface area contributed by atoms with Crippen molar-refractivity contribution in [3.63, 3.8) is 0 Å². The highest BCUT2D eigenvalue weighted by atomic mass is 32.2. The Kier molecular flexibility index (Phi) is 5.55. The van der Waals surface area contributed by atoms with E-state index in [1.165, 1.54) is 12.1 Å². The zero-order valence-corrected chi connectivity index (χ0v) is 11.5. The van der Waals surface area contributed by atoms with Gasteiger partial charge in [0.25, 0.3) is 0 Å². The summed E-state index contributed by atoms with van der Waals surface area (Å²) < 4.78 is 37.9. The number of hydrogen-bond acceptors (Lipinski definition) is 3. The minimum Gasteiger partial charge on any atom is -0.383 e. The van der Waals surface area contributed by atoms with Gasteiger partial charge in [-0.2, -0.15) is 30.2 Å². The van der Waals surface area contributed by atoms with Gasteiger partial charge in [-0.15, -0.1) is 0 Å². The fraction of sp³-hybridized carbons (Fsp3) is 0.462. The van der Waals surface area contributed by atoms with Gasteiger partial charge in [0.1, 0.15) is 0 Å². The van der Waals surface area contributed by atoms with Crippen LogP contribution >= 0.6 is 11.8 Å². The van der Waals surface area contributed by atoms with E-state index < -0.39 is 11.7 Å². The van der Waals surface area contributed by atoms with Gasteiger partial charge in [0, 0.05) is 11.7 Å².